The summed E-state index contributed by atoms with van der Waals surface area (Å²) in [7, 11) is 0. The topological polar surface area (TPSA) is 75.2 Å². The molecule has 2 aliphatic rings. The first-order valence-corrected chi connectivity index (χ1v) is 11.5. The molecule has 0 saturated carbocycles. The number of allylic oxidation sites excluding steroid dienone is 1. The zero-order valence-electron chi connectivity index (χ0n) is 17.3. The van der Waals surface area contributed by atoms with Crippen molar-refractivity contribution >= 4 is 40.6 Å². The Balaban J connectivity index is 1.16. The highest BCUT2D eigenvalue weighted by Crippen LogP contribution is 2.41. The first-order chi connectivity index (χ1) is 15.7. The summed E-state index contributed by atoms with van der Waals surface area (Å²) in [4.78, 5) is 35.0. The lowest BCUT2D eigenvalue weighted by molar-refractivity contribution is -0.125. The van der Waals surface area contributed by atoms with Crippen molar-refractivity contribution in [1.29, 1.82) is 0 Å². The van der Waals surface area contributed by atoms with Crippen molar-refractivity contribution in [2.45, 2.75) is 6.42 Å². The van der Waals surface area contributed by atoms with Crippen LogP contribution in [0, 0.1) is 11.8 Å². The largest absolute Gasteiger partial charge is 0.338 e. The van der Waals surface area contributed by atoms with Gasteiger partial charge in [0.1, 0.15) is 5.82 Å². The van der Waals surface area contributed by atoms with E-state index in [0.717, 1.165) is 25.1 Å². The Morgan fingerprint density at radius 2 is 2.09 bits per heavy atom. The van der Waals surface area contributed by atoms with Crippen molar-refractivity contribution in [2.75, 3.05) is 18.4 Å². The lowest BCUT2D eigenvalue weighted by atomic mass is 9.99. The molecule has 2 unspecified atom stereocenters. The van der Waals surface area contributed by atoms with Crippen LogP contribution in [0.15, 0.2) is 71.8 Å². The molecule has 0 radical (unpaired) electrons. The third-order valence-corrected chi connectivity index (χ3v) is 6.65. The zero-order chi connectivity index (χ0) is 21.9. The summed E-state index contributed by atoms with van der Waals surface area (Å²) in [6.07, 6.45) is 11.5. The van der Waals surface area contributed by atoms with E-state index in [2.05, 4.69) is 38.2 Å². The molecule has 3 aromatic heterocycles. The molecule has 6 nitrogen and oxygen atoms in total. The second-order valence-corrected chi connectivity index (χ2v) is 8.86. The minimum atomic E-state index is -0.264. The van der Waals surface area contributed by atoms with Gasteiger partial charge >= 0.3 is 0 Å². The lowest BCUT2D eigenvalue weighted by Gasteiger charge is -2.15. The maximum Gasteiger partial charge on any atom is 0.258 e. The third-order valence-electron chi connectivity index (χ3n) is 5.96. The van der Waals surface area contributed by atoms with Gasteiger partial charge in [-0.15, -0.1) is 0 Å². The fraction of sp³-hybridized carbons (Fsp3) is 0.200. The number of anilines is 1. The van der Waals surface area contributed by atoms with Crippen LogP contribution in [0.5, 0.6) is 0 Å². The van der Waals surface area contributed by atoms with Crippen molar-refractivity contribution < 1.29 is 9.59 Å². The first-order valence-electron chi connectivity index (χ1n) is 10.5. The van der Waals surface area contributed by atoms with E-state index in [1.165, 1.54) is 17.3 Å². The van der Waals surface area contributed by atoms with Crippen LogP contribution in [-0.2, 0) is 4.79 Å². The summed E-state index contributed by atoms with van der Waals surface area (Å²) in [6, 6.07) is 9.11. The third kappa shape index (κ3) is 4.38. The Morgan fingerprint density at radius 1 is 1.16 bits per heavy atom. The highest BCUT2D eigenvalue weighted by molar-refractivity contribution is 7.08. The number of thiophene rings is 1. The molecule has 1 N–H and O–H groups in total. The quantitative estimate of drug-likeness (QED) is 0.596. The van der Waals surface area contributed by atoms with Crippen LogP contribution in [0.4, 0.5) is 5.82 Å². The molecule has 1 fully saturated rings. The van der Waals surface area contributed by atoms with Gasteiger partial charge in [-0.25, -0.2) is 4.98 Å². The van der Waals surface area contributed by atoms with E-state index in [0.29, 0.717) is 23.2 Å². The van der Waals surface area contributed by atoms with Gasteiger partial charge in [0.05, 0.1) is 5.56 Å². The van der Waals surface area contributed by atoms with Crippen LogP contribution in [0.25, 0.3) is 11.6 Å². The molecule has 7 heteroatoms. The van der Waals surface area contributed by atoms with Crippen LogP contribution in [-0.4, -0.2) is 39.8 Å². The van der Waals surface area contributed by atoms with Crippen molar-refractivity contribution in [3.05, 3.63) is 88.5 Å². The molecule has 2 amide bonds. The Kier molecular flexibility index (Phi) is 5.64. The summed E-state index contributed by atoms with van der Waals surface area (Å²) < 4.78 is 0. The molecular formula is C25H22N4O2S. The lowest BCUT2D eigenvalue weighted by Crippen LogP contribution is -2.27. The number of pyridine rings is 2. The molecule has 3 aromatic rings. The number of rotatable bonds is 5. The van der Waals surface area contributed by atoms with Gasteiger partial charge in [0.15, 0.2) is 0 Å². The second-order valence-electron chi connectivity index (χ2n) is 8.08. The van der Waals surface area contributed by atoms with Gasteiger partial charge in [0.2, 0.25) is 5.91 Å². The van der Waals surface area contributed by atoms with E-state index >= 15 is 0 Å². The normalized spacial score (nSPS) is 19.8. The second kappa shape index (κ2) is 8.88. The molecule has 0 spiro atoms. The van der Waals surface area contributed by atoms with Gasteiger partial charge in [-0.05, 0) is 82.1 Å². The highest BCUT2D eigenvalue weighted by Gasteiger charge is 2.37. The van der Waals surface area contributed by atoms with Crippen molar-refractivity contribution in [1.82, 2.24) is 14.9 Å². The number of carbonyl (C=O) groups excluding carboxylic acids is 2. The number of aromatic nitrogens is 2. The molecule has 0 aromatic carbocycles. The molecule has 5 rings (SSSR count). The molecule has 1 aliphatic carbocycles. The Morgan fingerprint density at radius 3 is 2.81 bits per heavy atom. The highest BCUT2D eigenvalue weighted by atomic mass is 32.1. The van der Waals surface area contributed by atoms with Gasteiger partial charge in [0, 0.05) is 37.8 Å². The van der Waals surface area contributed by atoms with Gasteiger partial charge in [-0.3, -0.25) is 14.6 Å². The van der Waals surface area contributed by atoms with Crippen molar-refractivity contribution in [3.8, 4) is 0 Å². The van der Waals surface area contributed by atoms with E-state index in [4.69, 9.17) is 0 Å². The van der Waals surface area contributed by atoms with Gasteiger partial charge < -0.3 is 10.2 Å². The van der Waals surface area contributed by atoms with Crippen LogP contribution in [0.3, 0.4) is 0 Å². The molecule has 1 aliphatic heterocycles. The fourth-order valence-corrected chi connectivity index (χ4v) is 4.97. The Bertz CT molecular complexity index is 1170. The van der Waals surface area contributed by atoms with E-state index in [9.17, 15) is 9.59 Å². The Labute approximate surface area is 190 Å². The van der Waals surface area contributed by atoms with E-state index in [1.807, 2.05) is 11.0 Å². The maximum absolute atomic E-state index is 12.7. The molecule has 4 heterocycles. The first kappa shape index (κ1) is 20.3. The van der Waals surface area contributed by atoms with E-state index in [-0.39, 0.29) is 11.8 Å². The minimum absolute atomic E-state index is 0.0267. The summed E-state index contributed by atoms with van der Waals surface area (Å²) in [5, 5.41) is 7.05. The van der Waals surface area contributed by atoms with E-state index < -0.39 is 0 Å². The van der Waals surface area contributed by atoms with E-state index in [1.54, 1.807) is 54.1 Å². The van der Waals surface area contributed by atoms with Crippen molar-refractivity contribution in [2.24, 2.45) is 11.8 Å². The molecule has 2 atom stereocenters. The van der Waals surface area contributed by atoms with Crippen LogP contribution < -0.4 is 5.32 Å². The number of fused-ring (bicyclic) bond motifs is 1. The van der Waals surface area contributed by atoms with Crippen LogP contribution in [0.2, 0.25) is 0 Å². The average molecular weight is 443 g/mol. The fourth-order valence-electron chi connectivity index (χ4n) is 4.29. The summed E-state index contributed by atoms with van der Waals surface area (Å²) >= 11 is 1.72. The number of nitrogens with one attached hydrogen (secondary N) is 1. The Hall–Kier alpha value is -3.58. The average Bonchev–Trinajstić information content (AvgIpc) is 3.55. The summed E-state index contributed by atoms with van der Waals surface area (Å²) in [6.45, 7) is 1.58. The predicted molar refractivity (Wildman–Crippen MR) is 126 cm³/mol. The molecule has 32 heavy (non-hydrogen) atoms. The van der Waals surface area contributed by atoms with Gasteiger partial charge in [-0.2, -0.15) is 11.3 Å². The smallest absolute Gasteiger partial charge is 0.258 e. The molecule has 160 valence electrons. The van der Waals surface area contributed by atoms with Gasteiger partial charge in [-0.1, -0.05) is 6.08 Å². The standard InChI is InChI=1S/C25H22N4O2S/c30-24(29-14-21-10-20(11-22(21)15-29)19-7-9-32-16-19)6-4-17-3-5-23(27-12-17)28-25(31)18-2-1-8-26-13-18/h1-10,12-13,16,21-22H,11,14-15H2,(H,27,28,31)/b6-4+. The molecule has 0 bridgehead atoms. The number of amides is 2. The monoisotopic (exact) mass is 442 g/mol. The van der Waals surface area contributed by atoms with Crippen LogP contribution in [0.1, 0.15) is 27.9 Å². The molecular weight excluding hydrogens is 420 g/mol. The number of hydrogen-bond acceptors (Lipinski definition) is 5. The van der Waals surface area contributed by atoms with Crippen molar-refractivity contribution in [3.63, 3.8) is 0 Å². The number of nitrogens with zero attached hydrogens (tertiary/aromatic N) is 3. The predicted octanol–water partition coefficient (Wildman–Crippen LogP) is 4.37. The minimum Gasteiger partial charge on any atom is -0.338 e. The zero-order valence-corrected chi connectivity index (χ0v) is 18.2. The number of likely N-dealkylation sites (tertiary alicyclic amines) is 1. The van der Waals surface area contributed by atoms with Crippen LogP contribution >= 0.6 is 11.3 Å². The number of carbonyl (C=O) groups is 2. The van der Waals surface area contributed by atoms with Gasteiger partial charge in [0.25, 0.3) is 5.91 Å². The molecule has 1 saturated heterocycles. The maximum atomic E-state index is 12.7. The number of hydrogen-bond donors (Lipinski definition) is 1. The summed E-state index contributed by atoms with van der Waals surface area (Å²) in [5.41, 5.74) is 4.02. The SMILES string of the molecule is O=C(Nc1ccc(/C=C/C(=O)N2CC3C=C(c4ccsc4)CC3C2)cn1)c1cccnc1. The summed E-state index contributed by atoms with van der Waals surface area (Å²) in [5.74, 6) is 1.18.